The van der Waals surface area contributed by atoms with Crippen LogP contribution in [0.4, 0.5) is 4.79 Å². The van der Waals surface area contributed by atoms with Gasteiger partial charge >= 0.3 is 12.0 Å². The lowest BCUT2D eigenvalue weighted by atomic mass is 9.90. The number of nitrogens with zero attached hydrogens (tertiary/aromatic N) is 1. The number of hydrogen-bond donors (Lipinski definition) is 2. The van der Waals surface area contributed by atoms with Gasteiger partial charge in [0.15, 0.2) is 0 Å². The number of fused-ring (bicyclic) bond motifs is 1. The highest BCUT2D eigenvalue weighted by Crippen LogP contribution is 2.28. The lowest BCUT2D eigenvalue weighted by molar-refractivity contribution is -0.139. The van der Waals surface area contributed by atoms with Gasteiger partial charge in [0.25, 0.3) is 0 Å². The summed E-state index contributed by atoms with van der Waals surface area (Å²) in [6.45, 7) is 5.31. The third-order valence-electron chi connectivity index (χ3n) is 3.44. The van der Waals surface area contributed by atoms with Gasteiger partial charge in [0.2, 0.25) is 0 Å². The van der Waals surface area contributed by atoms with Gasteiger partial charge in [-0.3, -0.25) is 4.79 Å². The summed E-state index contributed by atoms with van der Waals surface area (Å²) in [6.07, 6.45) is 0. The van der Waals surface area contributed by atoms with E-state index in [-0.39, 0.29) is 12.6 Å². The van der Waals surface area contributed by atoms with E-state index in [1.165, 1.54) is 0 Å². The molecule has 1 aliphatic heterocycles. The summed E-state index contributed by atoms with van der Waals surface area (Å²) < 4.78 is 0. The highest BCUT2D eigenvalue weighted by atomic mass is 16.4. The van der Waals surface area contributed by atoms with Crippen molar-refractivity contribution in [1.82, 2.24) is 10.2 Å². The van der Waals surface area contributed by atoms with Crippen LogP contribution in [0.2, 0.25) is 0 Å². The maximum atomic E-state index is 12.1. The fourth-order valence-corrected chi connectivity index (χ4v) is 2.38. The van der Waals surface area contributed by atoms with Crippen LogP contribution >= 0.6 is 0 Å². The van der Waals surface area contributed by atoms with Crippen LogP contribution in [0.25, 0.3) is 0 Å². The number of hydrogen-bond acceptors (Lipinski definition) is 2. The van der Waals surface area contributed by atoms with E-state index >= 15 is 0 Å². The molecule has 108 valence electrons. The monoisotopic (exact) mass is 276 g/mol. The Morgan fingerprint density at radius 3 is 2.75 bits per heavy atom. The predicted octanol–water partition coefficient (Wildman–Crippen LogP) is 2.04. The molecule has 1 heterocycles. The van der Waals surface area contributed by atoms with Crippen molar-refractivity contribution in [2.24, 2.45) is 5.92 Å². The van der Waals surface area contributed by atoms with Crippen LogP contribution in [0.5, 0.6) is 0 Å². The van der Waals surface area contributed by atoms with Crippen molar-refractivity contribution in [3.05, 3.63) is 35.4 Å². The fourth-order valence-electron chi connectivity index (χ4n) is 2.38. The molecule has 0 spiro atoms. The number of carboxylic acid groups (broad SMARTS) is 1. The zero-order valence-corrected chi connectivity index (χ0v) is 11.8. The van der Waals surface area contributed by atoms with E-state index in [1.807, 2.05) is 38.1 Å². The average molecular weight is 276 g/mol. The van der Waals surface area contributed by atoms with Crippen LogP contribution in [-0.4, -0.2) is 35.1 Å². The van der Waals surface area contributed by atoms with Gasteiger partial charge in [-0.15, -0.1) is 0 Å². The van der Waals surface area contributed by atoms with E-state index in [9.17, 15) is 14.7 Å². The molecule has 2 amide bonds. The first-order chi connectivity index (χ1) is 9.49. The number of rotatable bonds is 3. The number of nitrogens with one attached hydrogen (secondary N) is 1. The minimum atomic E-state index is -0.890. The van der Waals surface area contributed by atoms with E-state index < -0.39 is 11.9 Å². The molecule has 1 aromatic carbocycles. The lowest BCUT2D eigenvalue weighted by Gasteiger charge is -2.33. The molecule has 0 aliphatic carbocycles. The molecule has 2 N–H and O–H groups in total. The molecular weight excluding hydrogens is 256 g/mol. The van der Waals surface area contributed by atoms with Gasteiger partial charge in [-0.05, 0) is 17.0 Å². The second-order valence-electron chi connectivity index (χ2n) is 5.55. The molecule has 0 fully saturated rings. The Hall–Kier alpha value is -2.04. The van der Waals surface area contributed by atoms with Gasteiger partial charge in [-0.1, -0.05) is 38.1 Å². The Balaban J connectivity index is 2.16. The highest BCUT2D eigenvalue weighted by molar-refractivity contribution is 5.80. The molecule has 5 heteroatoms. The van der Waals surface area contributed by atoms with Gasteiger partial charge < -0.3 is 15.3 Å². The molecule has 0 radical (unpaired) electrons. The first-order valence-corrected chi connectivity index (χ1v) is 6.82. The first-order valence-electron chi connectivity index (χ1n) is 6.82. The topological polar surface area (TPSA) is 69.6 Å². The van der Waals surface area contributed by atoms with E-state index in [0.29, 0.717) is 19.0 Å². The molecule has 0 bridgehead atoms. The highest BCUT2D eigenvalue weighted by Gasteiger charge is 2.32. The van der Waals surface area contributed by atoms with Gasteiger partial charge in [-0.2, -0.15) is 0 Å². The number of carboxylic acids is 1. The zero-order chi connectivity index (χ0) is 14.7. The number of benzene rings is 1. The van der Waals surface area contributed by atoms with Gasteiger partial charge in [-0.25, -0.2) is 4.79 Å². The second-order valence-corrected chi connectivity index (χ2v) is 5.55. The molecule has 0 aromatic heterocycles. The van der Waals surface area contributed by atoms with Crippen LogP contribution < -0.4 is 5.32 Å². The summed E-state index contributed by atoms with van der Waals surface area (Å²) >= 11 is 0. The Kier molecular flexibility index (Phi) is 4.27. The van der Waals surface area contributed by atoms with E-state index in [2.05, 4.69) is 5.32 Å². The van der Waals surface area contributed by atoms with Crippen molar-refractivity contribution < 1.29 is 14.7 Å². The molecule has 1 atom stereocenters. The lowest BCUT2D eigenvalue weighted by Crippen LogP contribution is -2.46. The number of urea groups is 1. The Bertz CT molecular complexity index is 514. The summed E-state index contributed by atoms with van der Waals surface area (Å²) in [5, 5.41) is 12.2. The summed E-state index contributed by atoms with van der Waals surface area (Å²) in [5.74, 6) is -1.17. The maximum absolute atomic E-state index is 12.1. The average Bonchev–Trinajstić information content (AvgIpc) is 2.43. The summed E-state index contributed by atoms with van der Waals surface area (Å²) in [5.41, 5.74) is 1.72. The quantitative estimate of drug-likeness (QED) is 0.887. The predicted molar refractivity (Wildman–Crippen MR) is 75.5 cm³/mol. The maximum Gasteiger partial charge on any atom is 0.317 e. The largest absolute Gasteiger partial charge is 0.481 e. The first kappa shape index (κ1) is 14.4. The normalized spacial score (nSPS) is 17.8. The zero-order valence-electron chi connectivity index (χ0n) is 11.8. The summed E-state index contributed by atoms with van der Waals surface area (Å²) in [7, 11) is 0. The smallest absolute Gasteiger partial charge is 0.317 e. The van der Waals surface area contributed by atoms with E-state index in [1.54, 1.807) is 4.90 Å². The molecule has 2 rings (SSSR count). The molecule has 5 nitrogen and oxygen atoms in total. The minimum Gasteiger partial charge on any atom is -0.481 e. The number of amides is 2. The third-order valence-corrected chi connectivity index (χ3v) is 3.44. The third kappa shape index (κ3) is 3.10. The molecule has 0 saturated carbocycles. The number of carbonyl (C=O) groups is 2. The fraction of sp³-hybridized carbons (Fsp3) is 0.467. The van der Waals surface area contributed by atoms with Gasteiger partial charge in [0.05, 0.1) is 5.92 Å². The Labute approximate surface area is 118 Å². The Morgan fingerprint density at radius 1 is 1.40 bits per heavy atom. The minimum absolute atomic E-state index is 0.195. The molecule has 0 saturated heterocycles. The molecular formula is C15H20N2O3. The van der Waals surface area contributed by atoms with Crippen LogP contribution in [0.3, 0.4) is 0 Å². The van der Waals surface area contributed by atoms with Crippen LogP contribution in [-0.2, 0) is 11.3 Å². The second kappa shape index (κ2) is 5.94. The molecule has 1 aromatic rings. The van der Waals surface area contributed by atoms with E-state index in [4.69, 9.17) is 0 Å². The van der Waals surface area contributed by atoms with Gasteiger partial charge in [0, 0.05) is 19.6 Å². The van der Waals surface area contributed by atoms with Crippen LogP contribution in [0, 0.1) is 5.92 Å². The van der Waals surface area contributed by atoms with Crippen molar-refractivity contribution in [3.8, 4) is 0 Å². The van der Waals surface area contributed by atoms with Crippen molar-refractivity contribution in [2.45, 2.75) is 26.3 Å². The molecule has 1 aliphatic rings. The summed E-state index contributed by atoms with van der Waals surface area (Å²) in [6, 6.07) is 7.22. The van der Waals surface area contributed by atoms with Crippen molar-refractivity contribution in [1.29, 1.82) is 0 Å². The van der Waals surface area contributed by atoms with Crippen LogP contribution in [0.1, 0.15) is 30.9 Å². The molecule has 20 heavy (non-hydrogen) atoms. The number of carbonyl (C=O) groups excluding carboxylic acids is 1. The number of aliphatic carboxylic acids is 1. The van der Waals surface area contributed by atoms with Gasteiger partial charge in [0.1, 0.15) is 0 Å². The summed E-state index contributed by atoms with van der Waals surface area (Å²) in [4.78, 5) is 25.1. The van der Waals surface area contributed by atoms with Crippen molar-refractivity contribution in [2.75, 3.05) is 13.1 Å². The molecule has 1 unspecified atom stereocenters. The van der Waals surface area contributed by atoms with Crippen molar-refractivity contribution in [3.63, 3.8) is 0 Å². The van der Waals surface area contributed by atoms with E-state index in [0.717, 1.165) is 11.1 Å². The van der Waals surface area contributed by atoms with Crippen LogP contribution in [0.15, 0.2) is 24.3 Å². The Morgan fingerprint density at radius 2 is 2.10 bits per heavy atom. The SMILES string of the molecule is CC(C)CNC(=O)N1Cc2ccccc2C(C(=O)O)C1. The standard InChI is InChI=1S/C15H20N2O3/c1-10(2)7-16-15(20)17-8-11-5-3-4-6-12(11)13(9-17)14(18)19/h3-6,10,13H,7-9H2,1-2H3,(H,16,20)(H,18,19). The van der Waals surface area contributed by atoms with Crippen molar-refractivity contribution >= 4 is 12.0 Å².